The summed E-state index contributed by atoms with van der Waals surface area (Å²) in [5.41, 5.74) is 0.350. The summed E-state index contributed by atoms with van der Waals surface area (Å²) in [5, 5.41) is 9.03. The zero-order valence-corrected chi connectivity index (χ0v) is 23.8. The molecule has 1 heterocycles. The zero-order valence-electron chi connectivity index (χ0n) is 23.8. The maximum absolute atomic E-state index is 13.1. The summed E-state index contributed by atoms with van der Waals surface area (Å²) >= 11 is 0. The molecule has 0 bridgehead atoms. The number of carbonyl (C=O) groups is 2. The maximum atomic E-state index is 13.1. The molecule has 1 fully saturated rings. The Morgan fingerprint density at radius 3 is 2.48 bits per heavy atom. The van der Waals surface area contributed by atoms with Gasteiger partial charge in [0.1, 0.15) is 17.6 Å². The predicted molar refractivity (Wildman–Crippen MR) is 155 cm³/mol. The average Bonchev–Trinajstić information content (AvgIpc) is 3.50. The summed E-state index contributed by atoms with van der Waals surface area (Å²) in [6.45, 7) is 1.08. The maximum Gasteiger partial charge on any atom is 0.416 e. The number of hydrogen-bond acceptors (Lipinski definition) is 5. The second-order valence-corrected chi connectivity index (χ2v) is 10.6. The fourth-order valence-corrected chi connectivity index (χ4v) is 5.20. The highest BCUT2D eigenvalue weighted by Crippen LogP contribution is 2.33. The molecule has 2 amide bonds. The number of ether oxygens (including phenoxy) is 1. The molecule has 3 aromatic rings. The normalized spacial score (nSPS) is 14.7. The highest BCUT2D eigenvalue weighted by Gasteiger charge is 2.31. The van der Waals surface area contributed by atoms with Crippen LogP contribution in [0.25, 0.3) is 11.3 Å². The molecule has 0 spiro atoms. The van der Waals surface area contributed by atoms with Crippen molar-refractivity contribution in [1.82, 2.24) is 10.6 Å². The number of alkyl halides is 3. The highest BCUT2D eigenvalue weighted by atomic mass is 19.4. The Balaban J connectivity index is 1.34. The van der Waals surface area contributed by atoms with Gasteiger partial charge in [-0.05, 0) is 73.7 Å². The van der Waals surface area contributed by atoms with E-state index in [1.807, 2.05) is 24.3 Å². The molecule has 1 atom stereocenters. The van der Waals surface area contributed by atoms with Gasteiger partial charge in [0.15, 0.2) is 5.76 Å². The second kappa shape index (κ2) is 14.8. The first-order chi connectivity index (χ1) is 20.2. The monoisotopic (exact) mass is 585 g/mol. The largest absolute Gasteiger partial charge is 0.497 e. The van der Waals surface area contributed by atoms with E-state index in [-0.39, 0.29) is 23.0 Å². The van der Waals surface area contributed by atoms with Crippen molar-refractivity contribution in [3.8, 4) is 17.1 Å². The summed E-state index contributed by atoms with van der Waals surface area (Å²) < 4.78 is 50.2. The van der Waals surface area contributed by atoms with Gasteiger partial charge >= 0.3 is 6.18 Å². The summed E-state index contributed by atoms with van der Waals surface area (Å²) in [6.07, 6.45) is 3.34. The van der Waals surface area contributed by atoms with E-state index in [1.54, 1.807) is 7.11 Å². The van der Waals surface area contributed by atoms with E-state index < -0.39 is 23.7 Å². The van der Waals surface area contributed by atoms with Gasteiger partial charge in [0.2, 0.25) is 5.91 Å². The Morgan fingerprint density at radius 2 is 1.76 bits per heavy atom. The minimum Gasteiger partial charge on any atom is -0.497 e. The number of halogens is 3. The average molecular weight is 586 g/mol. The van der Waals surface area contributed by atoms with E-state index in [2.05, 4.69) is 16.0 Å². The van der Waals surface area contributed by atoms with Gasteiger partial charge < -0.3 is 25.1 Å². The smallest absolute Gasteiger partial charge is 0.416 e. The van der Waals surface area contributed by atoms with E-state index in [0.29, 0.717) is 31.8 Å². The lowest BCUT2D eigenvalue weighted by Gasteiger charge is -2.24. The molecule has 1 aliphatic carbocycles. The molecule has 0 saturated heterocycles. The molecule has 0 unspecified atom stereocenters. The van der Waals surface area contributed by atoms with E-state index in [0.717, 1.165) is 42.8 Å². The van der Waals surface area contributed by atoms with Crippen LogP contribution in [0.15, 0.2) is 65.1 Å². The van der Waals surface area contributed by atoms with Crippen molar-refractivity contribution >= 4 is 17.5 Å². The third-order valence-corrected chi connectivity index (χ3v) is 7.59. The molecular weight excluding hydrogens is 547 g/mol. The molecule has 42 heavy (non-hydrogen) atoms. The van der Waals surface area contributed by atoms with Crippen LogP contribution in [0.2, 0.25) is 0 Å². The van der Waals surface area contributed by atoms with Crippen molar-refractivity contribution in [3.63, 3.8) is 0 Å². The van der Waals surface area contributed by atoms with Crippen LogP contribution >= 0.6 is 0 Å². The Hall–Kier alpha value is -3.95. The molecule has 226 valence electrons. The van der Waals surface area contributed by atoms with Crippen LogP contribution in [0.3, 0.4) is 0 Å². The Kier molecular flexibility index (Phi) is 10.9. The van der Waals surface area contributed by atoms with Gasteiger partial charge in [0.05, 0.1) is 12.7 Å². The first-order valence-corrected chi connectivity index (χ1v) is 14.5. The Labute approximate surface area is 244 Å². The standard InChI is InChI=1S/C32H38F3N3O4/c1-41-26-14-12-25(13-15-26)36-19-6-20-37-30(39)27(16-11-22-7-3-2-4-8-22)38-31(40)29-18-17-28(42-29)23-9-5-10-24(21-23)32(33,34)35/h5,9-10,12-15,17-18,21-22,27,36H,2-4,6-8,11,16,19-20H2,1H3,(H,37,39)(H,38,40)/t27-/m0/s1. The van der Waals surface area contributed by atoms with Crippen molar-refractivity contribution in [2.45, 2.75) is 63.6 Å². The van der Waals surface area contributed by atoms with Gasteiger partial charge in [-0.1, -0.05) is 44.2 Å². The minimum absolute atomic E-state index is 0.0680. The molecule has 1 saturated carbocycles. The summed E-state index contributed by atoms with van der Waals surface area (Å²) in [7, 11) is 1.61. The van der Waals surface area contributed by atoms with Crippen LogP contribution in [-0.4, -0.2) is 38.1 Å². The molecule has 2 aromatic carbocycles. The van der Waals surface area contributed by atoms with Crippen LogP contribution in [0.1, 0.15) is 67.5 Å². The van der Waals surface area contributed by atoms with Gasteiger partial charge in [-0.2, -0.15) is 13.2 Å². The minimum atomic E-state index is -4.49. The number of anilines is 1. The third kappa shape index (κ3) is 9.03. The molecule has 1 aliphatic rings. The summed E-state index contributed by atoms with van der Waals surface area (Å²) in [4.78, 5) is 26.2. The van der Waals surface area contributed by atoms with Crippen molar-refractivity contribution < 1.29 is 31.9 Å². The lowest BCUT2D eigenvalue weighted by atomic mass is 9.85. The van der Waals surface area contributed by atoms with E-state index in [4.69, 9.17) is 9.15 Å². The number of amides is 2. The van der Waals surface area contributed by atoms with Crippen molar-refractivity contribution in [2.24, 2.45) is 5.92 Å². The second-order valence-electron chi connectivity index (χ2n) is 10.6. The van der Waals surface area contributed by atoms with E-state index >= 15 is 0 Å². The first-order valence-electron chi connectivity index (χ1n) is 14.5. The number of furan rings is 1. The molecule has 1 aromatic heterocycles. The molecule has 4 rings (SSSR count). The quantitative estimate of drug-likeness (QED) is 0.187. The molecule has 3 N–H and O–H groups in total. The lowest BCUT2D eigenvalue weighted by Crippen LogP contribution is -2.47. The molecule has 7 nitrogen and oxygen atoms in total. The molecular formula is C32H38F3N3O4. The van der Waals surface area contributed by atoms with Crippen molar-refractivity contribution in [1.29, 1.82) is 0 Å². The fraction of sp³-hybridized carbons (Fsp3) is 0.438. The van der Waals surface area contributed by atoms with E-state index in [9.17, 15) is 22.8 Å². The highest BCUT2D eigenvalue weighted by molar-refractivity contribution is 5.96. The number of carbonyl (C=O) groups excluding carboxylic acids is 2. The third-order valence-electron chi connectivity index (χ3n) is 7.59. The molecule has 0 aliphatic heterocycles. The van der Waals surface area contributed by atoms with Crippen LogP contribution in [0, 0.1) is 5.92 Å². The van der Waals surface area contributed by atoms with Gasteiger partial charge in [0, 0.05) is 24.3 Å². The SMILES string of the molecule is COc1ccc(NCCCNC(=O)[C@H](CCC2CCCCC2)NC(=O)c2ccc(-c3cccc(C(F)(F)F)c3)o2)cc1. The van der Waals surface area contributed by atoms with Crippen LogP contribution in [-0.2, 0) is 11.0 Å². The number of rotatable bonds is 13. The van der Waals surface area contributed by atoms with Gasteiger partial charge in [0.25, 0.3) is 5.91 Å². The topological polar surface area (TPSA) is 92.6 Å². The fourth-order valence-electron chi connectivity index (χ4n) is 5.20. The van der Waals surface area contributed by atoms with Gasteiger partial charge in [-0.15, -0.1) is 0 Å². The van der Waals surface area contributed by atoms with Gasteiger partial charge in [-0.25, -0.2) is 0 Å². The van der Waals surface area contributed by atoms with Crippen LogP contribution in [0.5, 0.6) is 5.75 Å². The van der Waals surface area contributed by atoms with Gasteiger partial charge in [-0.3, -0.25) is 9.59 Å². The number of methoxy groups -OCH3 is 1. The Bertz CT molecular complexity index is 1300. The molecule has 10 heteroatoms. The first kappa shape index (κ1) is 31.0. The number of hydrogen-bond donors (Lipinski definition) is 3. The van der Waals surface area contributed by atoms with Crippen molar-refractivity contribution in [2.75, 3.05) is 25.5 Å². The zero-order chi connectivity index (χ0) is 30.0. The van der Waals surface area contributed by atoms with Crippen LogP contribution < -0.4 is 20.7 Å². The van der Waals surface area contributed by atoms with Crippen molar-refractivity contribution in [3.05, 3.63) is 72.0 Å². The Morgan fingerprint density at radius 1 is 1.00 bits per heavy atom. The number of nitrogens with one attached hydrogen (secondary N) is 3. The summed E-state index contributed by atoms with van der Waals surface area (Å²) in [6, 6.07) is 14.4. The summed E-state index contributed by atoms with van der Waals surface area (Å²) in [5.74, 6) is 0.512. The predicted octanol–water partition coefficient (Wildman–Crippen LogP) is 7.05. The molecule has 0 radical (unpaired) electrons. The van der Waals surface area contributed by atoms with E-state index in [1.165, 1.54) is 43.5 Å². The lowest BCUT2D eigenvalue weighted by molar-refractivity contribution is -0.137. The van der Waals surface area contributed by atoms with Crippen LogP contribution in [0.4, 0.5) is 18.9 Å². The number of benzene rings is 2.